The van der Waals surface area contributed by atoms with Gasteiger partial charge in [-0.25, -0.2) is 0 Å². The molecule has 0 heterocycles. The molecule has 7 heteroatoms. The number of likely N-dealkylation sites (N-methyl/N-ethyl adjacent to an activating group) is 1. The van der Waals surface area contributed by atoms with Crippen LogP contribution in [0.5, 0.6) is 5.75 Å². The number of hydrogen-bond donors (Lipinski definition) is 2. The highest BCUT2D eigenvalue weighted by atomic mass is 16.5. The SMILES string of the molecule is COc1ccc(C(=O)N[C@H](C(=O)NCC(=O)N(C)C)C(C)C)cc1. The number of nitrogens with one attached hydrogen (secondary N) is 2. The van der Waals surface area contributed by atoms with Crippen LogP contribution >= 0.6 is 0 Å². The fraction of sp³-hybridized carbons (Fsp3) is 0.471. The molecular weight excluding hydrogens is 310 g/mol. The van der Waals surface area contributed by atoms with Crippen molar-refractivity contribution in [2.75, 3.05) is 27.7 Å². The Morgan fingerprint density at radius 1 is 1.12 bits per heavy atom. The molecule has 2 N–H and O–H groups in total. The van der Waals surface area contributed by atoms with Crippen molar-refractivity contribution >= 4 is 17.7 Å². The van der Waals surface area contributed by atoms with E-state index in [9.17, 15) is 14.4 Å². The third kappa shape index (κ3) is 5.57. The second kappa shape index (κ2) is 8.90. The summed E-state index contributed by atoms with van der Waals surface area (Å²) in [6.45, 7) is 3.55. The average molecular weight is 335 g/mol. The fourth-order valence-corrected chi connectivity index (χ4v) is 1.93. The lowest BCUT2D eigenvalue weighted by atomic mass is 10.0. The summed E-state index contributed by atoms with van der Waals surface area (Å²) in [7, 11) is 4.77. The maximum Gasteiger partial charge on any atom is 0.251 e. The number of hydrogen-bond acceptors (Lipinski definition) is 4. The number of amides is 3. The van der Waals surface area contributed by atoms with Crippen molar-refractivity contribution in [3.05, 3.63) is 29.8 Å². The van der Waals surface area contributed by atoms with Crippen LogP contribution in [0.25, 0.3) is 0 Å². The van der Waals surface area contributed by atoms with Gasteiger partial charge in [0.1, 0.15) is 11.8 Å². The molecule has 1 rings (SSSR count). The van der Waals surface area contributed by atoms with Gasteiger partial charge in [0.2, 0.25) is 11.8 Å². The molecule has 0 unspecified atom stereocenters. The van der Waals surface area contributed by atoms with E-state index in [1.54, 1.807) is 45.5 Å². The first-order valence-electron chi connectivity index (χ1n) is 7.69. The van der Waals surface area contributed by atoms with E-state index in [-0.39, 0.29) is 30.2 Å². The van der Waals surface area contributed by atoms with Gasteiger partial charge in [0.15, 0.2) is 0 Å². The lowest BCUT2D eigenvalue weighted by Gasteiger charge is -2.22. The van der Waals surface area contributed by atoms with E-state index in [1.807, 2.05) is 13.8 Å². The summed E-state index contributed by atoms with van der Waals surface area (Å²) in [5, 5.41) is 5.26. The Morgan fingerprint density at radius 3 is 2.17 bits per heavy atom. The van der Waals surface area contributed by atoms with Crippen LogP contribution in [0.3, 0.4) is 0 Å². The van der Waals surface area contributed by atoms with Gasteiger partial charge in [0.25, 0.3) is 5.91 Å². The number of methoxy groups -OCH3 is 1. The minimum absolute atomic E-state index is 0.104. The predicted molar refractivity (Wildman–Crippen MR) is 90.8 cm³/mol. The third-order valence-electron chi connectivity index (χ3n) is 3.50. The molecule has 0 aromatic heterocycles. The largest absolute Gasteiger partial charge is 0.497 e. The minimum Gasteiger partial charge on any atom is -0.497 e. The molecule has 0 aliphatic carbocycles. The third-order valence-corrected chi connectivity index (χ3v) is 3.50. The molecule has 0 saturated heterocycles. The molecule has 1 aromatic carbocycles. The molecule has 0 aliphatic rings. The van der Waals surface area contributed by atoms with E-state index in [0.29, 0.717) is 11.3 Å². The Labute approximate surface area is 142 Å². The lowest BCUT2D eigenvalue weighted by Crippen LogP contribution is -2.51. The first-order chi connectivity index (χ1) is 11.3. The van der Waals surface area contributed by atoms with Crippen LogP contribution in [-0.4, -0.2) is 56.4 Å². The molecule has 24 heavy (non-hydrogen) atoms. The molecule has 0 aliphatic heterocycles. The maximum absolute atomic E-state index is 12.3. The Hall–Kier alpha value is -2.57. The van der Waals surface area contributed by atoms with E-state index in [2.05, 4.69) is 10.6 Å². The molecule has 0 saturated carbocycles. The van der Waals surface area contributed by atoms with E-state index in [4.69, 9.17) is 4.74 Å². The van der Waals surface area contributed by atoms with Gasteiger partial charge >= 0.3 is 0 Å². The number of carbonyl (C=O) groups excluding carboxylic acids is 3. The first kappa shape index (κ1) is 19.5. The molecule has 0 bridgehead atoms. The monoisotopic (exact) mass is 335 g/mol. The molecule has 132 valence electrons. The van der Waals surface area contributed by atoms with Gasteiger partial charge in [0, 0.05) is 19.7 Å². The summed E-state index contributed by atoms with van der Waals surface area (Å²) >= 11 is 0. The van der Waals surface area contributed by atoms with Gasteiger partial charge < -0.3 is 20.3 Å². The van der Waals surface area contributed by atoms with E-state index in [1.165, 1.54) is 4.90 Å². The van der Waals surface area contributed by atoms with E-state index < -0.39 is 6.04 Å². The number of nitrogens with zero attached hydrogens (tertiary/aromatic N) is 1. The van der Waals surface area contributed by atoms with Crippen molar-refractivity contribution in [3.63, 3.8) is 0 Å². The smallest absolute Gasteiger partial charge is 0.251 e. The van der Waals surface area contributed by atoms with Crippen molar-refractivity contribution in [1.29, 1.82) is 0 Å². The standard InChI is InChI=1S/C17H25N3O4/c1-11(2)15(17(23)18-10-14(21)20(3)4)19-16(22)12-6-8-13(24-5)9-7-12/h6-9,11,15H,10H2,1-5H3,(H,18,23)(H,19,22)/t15-/m0/s1. The molecule has 3 amide bonds. The zero-order valence-corrected chi connectivity index (χ0v) is 14.8. The number of carbonyl (C=O) groups is 3. The molecule has 1 aromatic rings. The van der Waals surface area contributed by atoms with E-state index in [0.717, 1.165) is 0 Å². The Bertz CT molecular complexity index is 582. The average Bonchev–Trinajstić information content (AvgIpc) is 2.56. The summed E-state index contributed by atoms with van der Waals surface area (Å²) < 4.78 is 5.05. The normalized spacial score (nSPS) is 11.6. The van der Waals surface area contributed by atoms with Crippen LogP contribution in [0.1, 0.15) is 24.2 Å². The summed E-state index contributed by atoms with van der Waals surface area (Å²) in [4.78, 5) is 37.5. The highest BCUT2D eigenvalue weighted by Gasteiger charge is 2.25. The Balaban J connectivity index is 2.72. The second-order valence-electron chi connectivity index (χ2n) is 5.93. The van der Waals surface area contributed by atoms with Crippen LogP contribution in [0, 0.1) is 5.92 Å². The first-order valence-corrected chi connectivity index (χ1v) is 7.69. The minimum atomic E-state index is -0.727. The van der Waals surface area contributed by atoms with Crippen LogP contribution in [-0.2, 0) is 9.59 Å². The summed E-state index contributed by atoms with van der Waals surface area (Å²) in [6.07, 6.45) is 0. The molecular formula is C17H25N3O4. The Morgan fingerprint density at radius 2 is 1.71 bits per heavy atom. The summed E-state index contributed by atoms with van der Waals surface area (Å²) in [5.74, 6) is -0.437. The summed E-state index contributed by atoms with van der Waals surface area (Å²) in [6, 6.07) is 5.87. The van der Waals surface area contributed by atoms with Crippen molar-refractivity contribution in [2.24, 2.45) is 5.92 Å². The molecule has 0 radical (unpaired) electrons. The van der Waals surface area contributed by atoms with Crippen molar-refractivity contribution in [3.8, 4) is 5.75 Å². The lowest BCUT2D eigenvalue weighted by molar-refractivity contribution is -0.131. The van der Waals surface area contributed by atoms with Gasteiger partial charge in [-0.2, -0.15) is 0 Å². The zero-order valence-electron chi connectivity index (χ0n) is 14.8. The van der Waals surface area contributed by atoms with Crippen LogP contribution in [0.2, 0.25) is 0 Å². The molecule has 1 atom stereocenters. The topological polar surface area (TPSA) is 87.7 Å². The number of rotatable bonds is 7. The predicted octanol–water partition coefficient (Wildman–Crippen LogP) is 0.654. The van der Waals surface area contributed by atoms with Crippen molar-refractivity contribution in [2.45, 2.75) is 19.9 Å². The van der Waals surface area contributed by atoms with Gasteiger partial charge in [0.05, 0.1) is 13.7 Å². The number of benzene rings is 1. The van der Waals surface area contributed by atoms with Crippen molar-refractivity contribution < 1.29 is 19.1 Å². The summed E-state index contributed by atoms with van der Waals surface area (Å²) in [5.41, 5.74) is 0.429. The van der Waals surface area contributed by atoms with E-state index >= 15 is 0 Å². The van der Waals surface area contributed by atoms with Crippen molar-refractivity contribution in [1.82, 2.24) is 15.5 Å². The molecule has 7 nitrogen and oxygen atoms in total. The van der Waals surface area contributed by atoms with Crippen LogP contribution in [0.4, 0.5) is 0 Å². The number of ether oxygens (including phenoxy) is 1. The highest BCUT2D eigenvalue weighted by molar-refractivity contribution is 5.98. The quantitative estimate of drug-likeness (QED) is 0.766. The van der Waals surface area contributed by atoms with Gasteiger partial charge in [-0.15, -0.1) is 0 Å². The van der Waals surface area contributed by atoms with Gasteiger partial charge in [-0.3, -0.25) is 14.4 Å². The molecule has 0 fully saturated rings. The highest BCUT2D eigenvalue weighted by Crippen LogP contribution is 2.12. The fourth-order valence-electron chi connectivity index (χ4n) is 1.93. The van der Waals surface area contributed by atoms with Gasteiger partial charge in [-0.05, 0) is 30.2 Å². The Kier molecular flexibility index (Phi) is 7.23. The zero-order chi connectivity index (χ0) is 18.3. The second-order valence-corrected chi connectivity index (χ2v) is 5.93. The van der Waals surface area contributed by atoms with Crippen LogP contribution < -0.4 is 15.4 Å². The molecule has 0 spiro atoms. The van der Waals surface area contributed by atoms with Gasteiger partial charge in [-0.1, -0.05) is 13.8 Å². The maximum atomic E-state index is 12.3. The van der Waals surface area contributed by atoms with Crippen LogP contribution in [0.15, 0.2) is 24.3 Å².